The summed E-state index contributed by atoms with van der Waals surface area (Å²) in [5, 5.41) is 4.99. The first-order valence-corrected chi connectivity index (χ1v) is 8.60. The Labute approximate surface area is 139 Å². The van der Waals surface area contributed by atoms with Crippen LogP contribution in [0, 0.1) is 12.7 Å². The van der Waals surface area contributed by atoms with E-state index < -0.39 is 20.7 Å². The second kappa shape index (κ2) is 6.10. The Morgan fingerprint density at radius 2 is 1.88 bits per heavy atom. The molecule has 0 aliphatic rings. The highest BCUT2D eigenvalue weighted by Gasteiger charge is 2.17. The molecule has 0 saturated carbocycles. The fourth-order valence-electron chi connectivity index (χ4n) is 2.45. The van der Waals surface area contributed by atoms with Gasteiger partial charge in [-0.1, -0.05) is 12.1 Å². The van der Waals surface area contributed by atoms with Gasteiger partial charge in [0.05, 0.1) is 5.69 Å². The van der Waals surface area contributed by atoms with E-state index in [1.165, 1.54) is 6.07 Å². The monoisotopic (exact) mass is 343 g/mol. The molecule has 0 atom stereocenters. The van der Waals surface area contributed by atoms with Crippen LogP contribution in [0.2, 0.25) is 0 Å². The minimum atomic E-state index is -4.11. The van der Waals surface area contributed by atoms with Gasteiger partial charge in [0.1, 0.15) is 10.7 Å². The molecule has 0 unspecified atom stereocenters. The van der Waals surface area contributed by atoms with Crippen molar-refractivity contribution >= 4 is 10.0 Å². The molecular formula is C17H14FN3O2S. The highest BCUT2D eigenvalue weighted by Crippen LogP contribution is 2.31. The van der Waals surface area contributed by atoms with E-state index >= 15 is 0 Å². The quantitative estimate of drug-likeness (QED) is 0.792. The van der Waals surface area contributed by atoms with Gasteiger partial charge in [-0.25, -0.2) is 17.9 Å². The molecule has 122 valence electrons. The minimum absolute atomic E-state index is 0.456. The zero-order valence-electron chi connectivity index (χ0n) is 12.8. The van der Waals surface area contributed by atoms with E-state index in [0.29, 0.717) is 11.3 Å². The molecule has 0 spiro atoms. The Kier molecular flexibility index (Phi) is 4.13. The van der Waals surface area contributed by atoms with Gasteiger partial charge >= 0.3 is 0 Å². The molecule has 2 N–H and O–H groups in total. The standard InChI is InChI=1S/C17H14FN3O2S/c1-11-7-13(10-20-9-11)14-3-2-6-21-17(14)12-4-5-16(15(18)8-12)24(19,22)23/h2-10H,1H3,(H2,19,22,23). The van der Waals surface area contributed by atoms with Crippen LogP contribution in [0.1, 0.15) is 5.56 Å². The third kappa shape index (κ3) is 3.17. The van der Waals surface area contributed by atoms with E-state index in [9.17, 15) is 12.8 Å². The van der Waals surface area contributed by atoms with Crippen LogP contribution in [0.5, 0.6) is 0 Å². The van der Waals surface area contributed by atoms with Crippen molar-refractivity contribution in [2.45, 2.75) is 11.8 Å². The Bertz CT molecular complexity index is 1020. The second-order valence-electron chi connectivity index (χ2n) is 5.34. The first-order valence-electron chi connectivity index (χ1n) is 7.06. The molecular weight excluding hydrogens is 329 g/mol. The van der Waals surface area contributed by atoms with E-state index in [4.69, 9.17) is 5.14 Å². The van der Waals surface area contributed by atoms with Crippen LogP contribution in [0.15, 0.2) is 59.9 Å². The van der Waals surface area contributed by atoms with E-state index in [-0.39, 0.29) is 0 Å². The second-order valence-corrected chi connectivity index (χ2v) is 6.87. The summed E-state index contributed by atoms with van der Waals surface area (Å²) in [7, 11) is -4.11. The summed E-state index contributed by atoms with van der Waals surface area (Å²) in [5.74, 6) is -0.908. The molecule has 0 aliphatic carbocycles. The Hall–Kier alpha value is -2.64. The van der Waals surface area contributed by atoms with Crippen molar-refractivity contribution in [1.82, 2.24) is 9.97 Å². The minimum Gasteiger partial charge on any atom is -0.264 e. The van der Waals surface area contributed by atoms with Crippen molar-refractivity contribution < 1.29 is 12.8 Å². The summed E-state index contributed by atoms with van der Waals surface area (Å²) >= 11 is 0. The number of nitrogens with zero attached hydrogens (tertiary/aromatic N) is 2. The summed E-state index contributed by atoms with van der Waals surface area (Å²) in [5.41, 5.74) is 3.59. The lowest BCUT2D eigenvalue weighted by molar-refractivity contribution is 0.568. The van der Waals surface area contributed by atoms with Crippen LogP contribution >= 0.6 is 0 Å². The van der Waals surface area contributed by atoms with E-state index in [1.54, 1.807) is 24.7 Å². The zero-order chi connectivity index (χ0) is 17.3. The number of rotatable bonds is 3. The highest BCUT2D eigenvalue weighted by atomic mass is 32.2. The summed E-state index contributed by atoms with van der Waals surface area (Å²) in [4.78, 5) is 7.93. The van der Waals surface area contributed by atoms with Gasteiger partial charge in [0.2, 0.25) is 10.0 Å². The van der Waals surface area contributed by atoms with Gasteiger partial charge in [0.15, 0.2) is 0 Å². The lowest BCUT2D eigenvalue weighted by Crippen LogP contribution is -2.14. The van der Waals surface area contributed by atoms with Crippen molar-refractivity contribution in [3.05, 3.63) is 66.4 Å². The van der Waals surface area contributed by atoms with Crippen molar-refractivity contribution in [3.8, 4) is 22.4 Å². The third-order valence-electron chi connectivity index (χ3n) is 3.51. The number of sulfonamides is 1. The fraction of sp³-hybridized carbons (Fsp3) is 0.0588. The molecule has 3 aromatic rings. The van der Waals surface area contributed by atoms with Gasteiger partial charge < -0.3 is 0 Å². The molecule has 5 nitrogen and oxygen atoms in total. The van der Waals surface area contributed by atoms with Crippen LogP contribution in [0.4, 0.5) is 4.39 Å². The Morgan fingerprint density at radius 3 is 2.54 bits per heavy atom. The number of pyridine rings is 2. The van der Waals surface area contributed by atoms with Crippen LogP contribution in [-0.2, 0) is 10.0 Å². The van der Waals surface area contributed by atoms with Crippen molar-refractivity contribution in [3.63, 3.8) is 0 Å². The molecule has 7 heteroatoms. The average Bonchev–Trinajstić information content (AvgIpc) is 2.53. The molecule has 2 heterocycles. The van der Waals surface area contributed by atoms with Crippen molar-refractivity contribution in [2.75, 3.05) is 0 Å². The smallest absolute Gasteiger partial charge is 0.240 e. The Balaban J connectivity index is 2.16. The number of benzene rings is 1. The first-order chi connectivity index (χ1) is 11.4. The topological polar surface area (TPSA) is 85.9 Å². The SMILES string of the molecule is Cc1cncc(-c2cccnc2-c2ccc(S(N)(=O)=O)c(F)c2)c1. The largest absolute Gasteiger partial charge is 0.264 e. The molecule has 24 heavy (non-hydrogen) atoms. The lowest BCUT2D eigenvalue weighted by atomic mass is 10.00. The molecule has 0 saturated heterocycles. The lowest BCUT2D eigenvalue weighted by Gasteiger charge is -2.10. The molecule has 0 radical (unpaired) electrons. The van der Waals surface area contributed by atoms with Gasteiger partial charge in [-0.3, -0.25) is 9.97 Å². The predicted octanol–water partition coefficient (Wildman–Crippen LogP) is 2.91. The van der Waals surface area contributed by atoms with Crippen LogP contribution < -0.4 is 5.14 Å². The number of halogens is 1. The van der Waals surface area contributed by atoms with Crippen LogP contribution in [-0.4, -0.2) is 18.4 Å². The van der Waals surface area contributed by atoms with Crippen LogP contribution in [0.25, 0.3) is 22.4 Å². The van der Waals surface area contributed by atoms with E-state index in [0.717, 1.165) is 28.8 Å². The average molecular weight is 343 g/mol. The van der Waals surface area contributed by atoms with Crippen LogP contribution in [0.3, 0.4) is 0 Å². The maximum atomic E-state index is 14.1. The molecule has 0 bridgehead atoms. The van der Waals surface area contributed by atoms with Gasteiger partial charge in [-0.2, -0.15) is 0 Å². The summed E-state index contributed by atoms with van der Waals surface area (Å²) in [6.07, 6.45) is 5.02. The zero-order valence-corrected chi connectivity index (χ0v) is 13.6. The predicted molar refractivity (Wildman–Crippen MR) is 89.0 cm³/mol. The summed E-state index contributed by atoms with van der Waals surface area (Å²) in [6.45, 7) is 1.92. The maximum absolute atomic E-state index is 14.1. The number of aryl methyl sites for hydroxylation is 1. The molecule has 3 rings (SSSR count). The summed E-state index contributed by atoms with van der Waals surface area (Å²) < 4.78 is 36.8. The third-order valence-corrected chi connectivity index (χ3v) is 4.45. The molecule has 2 aromatic heterocycles. The van der Waals surface area contributed by atoms with Gasteiger partial charge in [-0.15, -0.1) is 0 Å². The molecule has 0 aliphatic heterocycles. The van der Waals surface area contributed by atoms with Gasteiger partial charge in [0, 0.05) is 35.3 Å². The first kappa shape index (κ1) is 16.2. The number of primary sulfonamides is 1. The maximum Gasteiger partial charge on any atom is 0.240 e. The number of nitrogens with two attached hydrogens (primary N) is 1. The number of hydrogen-bond donors (Lipinski definition) is 1. The van der Waals surface area contributed by atoms with Crippen molar-refractivity contribution in [1.29, 1.82) is 0 Å². The highest BCUT2D eigenvalue weighted by molar-refractivity contribution is 7.89. The summed E-state index contributed by atoms with van der Waals surface area (Å²) in [6, 6.07) is 9.32. The number of hydrogen-bond acceptors (Lipinski definition) is 4. The molecule has 1 aromatic carbocycles. The molecule has 0 fully saturated rings. The number of aromatic nitrogens is 2. The van der Waals surface area contributed by atoms with E-state index in [1.807, 2.05) is 19.1 Å². The Morgan fingerprint density at radius 1 is 1.08 bits per heavy atom. The van der Waals surface area contributed by atoms with Crippen molar-refractivity contribution in [2.24, 2.45) is 5.14 Å². The van der Waals surface area contributed by atoms with E-state index in [2.05, 4.69) is 9.97 Å². The fourth-order valence-corrected chi connectivity index (χ4v) is 3.04. The molecule has 0 amide bonds. The normalized spacial score (nSPS) is 11.5. The van der Waals surface area contributed by atoms with Gasteiger partial charge in [0.25, 0.3) is 0 Å². The van der Waals surface area contributed by atoms with Gasteiger partial charge in [-0.05, 0) is 36.8 Å².